The molecule has 1 aliphatic heterocycles. The van der Waals surface area contributed by atoms with Crippen molar-refractivity contribution in [1.82, 2.24) is 10.2 Å². The Morgan fingerprint density at radius 2 is 1.67 bits per heavy atom. The molecule has 27 heavy (non-hydrogen) atoms. The van der Waals surface area contributed by atoms with Crippen LogP contribution in [0, 0.1) is 6.92 Å². The molecule has 1 fully saturated rings. The minimum atomic E-state index is 0.148. The van der Waals surface area contributed by atoms with Gasteiger partial charge in [0.05, 0.1) is 0 Å². The molecular formula is C24H32N2O. The summed E-state index contributed by atoms with van der Waals surface area (Å²) in [6, 6.07) is 17.1. The van der Waals surface area contributed by atoms with Crippen molar-refractivity contribution in [2.75, 3.05) is 13.1 Å². The Hall–Kier alpha value is -2.13. The fourth-order valence-corrected chi connectivity index (χ4v) is 3.73. The van der Waals surface area contributed by atoms with Crippen LogP contribution in [0.3, 0.4) is 0 Å². The van der Waals surface area contributed by atoms with Crippen LogP contribution in [-0.2, 0) is 24.3 Å². The van der Waals surface area contributed by atoms with Crippen LogP contribution in [0.1, 0.15) is 54.4 Å². The lowest BCUT2D eigenvalue weighted by atomic mass is 10.0. The van der Waals surface area contributed by atoms with Crippen LogP contribution in [0.4, 0.5) is 0 Å². The highest BCUT2D eigenvalue weighted by atomic mass is 16.1. The number of carbonyl (C=O) groups excluding carboxylic acids is 1. The Balaban J connectivity index is 1.43. The van der Waals surface area contributed by atoms with E-state index in [1.807, 2.05) is 0 Å². The number of piperidine rings is 1. The van der Waals surface area contributed by atoms with Crippen LogP contribution >= 0.6 is 0 Å². The number of aryl methyl sites for hydroxylation is 2. The first-order valence-corrected chi connectivity index (χ1v) is 10.3. The van der Waals surface area contributed by atoms with E-state index in [0.717, 1.165) is 19.4 Å². The molecule has 0 radical (unpaired) electrons. The number of amides is 1. The molecule has 1 heterocycles. The zero-order chi connectivity index (χ0) is 18.9. The van der Waals surface area contributed by atoms with Crippen LogP contribution in [0.2, 0.25) is 0 Å². The summed E-state index contributed by atoms with van der Waals surface area (Å²) in [6.07, 6.45) is 6.41. The third-order valence-electron chi connectivity index (χ3n) is 5.43. The Kier molecular flexibility index (Phi) is 7.46. The Labute approximate surface area is 163 Å². The third kappa shape index (κ3) is 6.51. The minimum absolute atomic E-state index is 0.148. The molecule has 0 atom stereocenters. The molecule has 1 amide bonds. The lowest BCUT2D eigenvalue weighted by molar-refractivity contribution is -0.121. The largest absolute Gasteiger partial charge is 0.352 e. The number of hydrogen-bond donors (Lipinski definition) is 1. The number of likely N-dealkylation sites (tertiary alicyclic amines) is 1. The number of benzene rings is 2. The topological polar surface area (TPSA) is 32.3 Å². The van der Waals surface area contributed by atoms with Crippen molar-refractivity contribution in [3.63, 3.8) is 0 Å². The van der Waals surface area contributed by atoms with Crippen LogP contribution in [0.15, 0.2) is 48.5 Å². The number of rotatable bonds is 8. The van der Waals surface area contributed by atoms with Crippen molar-refractivity contribution in [3.8, 4) is 0 Å². The summed E-state index contributed by atoms with van der Waals surface area (Å²) in [4.78, 5) is 14.8. The molecule has 2 aromatic carbocycles. The average Bonchev–Trinajstić information content (AvgIpc) is 2.70. The molecule has 1 saturated heterocycles. The minimum Gasteiger partial charge on any atom is -0.352 e. The smallest absolute Gasteiger partial charge is 0.220 e. The van der Waals surface area contributed by atoms with Crippen molar-refractivity contribution >= 4 is 5.91 Å². The highest BCUT2D eigenvalue weighted by Gasteiger charge is 2.12. The van der Waals surface area contributed by atoms with E-state index in [4.69, 9.17) is 0 Å². The SMILES string of the molecule is Cc1ccc(CCCC(=O)NCc2ccccc2CN2CCCCC2)cc1. The van der Waals surface area contributed by atoms with Crippen LogP contribution in [0.5, 0.6) is 0 Å². The first-order chi connectivity index (χ1) is 13.2. The number of carbonyl (C=O) groups is 1. The molecule has 0 saturated carbocycles. The van der Waals surface area contributed by atoms with Crippen LogP contribution in [-0.4, -0.2) is 23.9 Å². The van der Waals surface area contributed by atoms with Gasteiger partial charge < -0.3 is 5.32 Å². The van der Waals surface area contributed by atoms with Gasteiger partial charge in [0, 0.05) is 19.5 Å². The molecule has 3 nitrogen and oxygen atoms in total. The van der Waals surface area contributed by atoms with E-state index in [9.17, 15) is 4.79 Å². The van der Waals surface area contributed by atoms with Gasteiger partial charge >= 0.3 is 0 Å². The summed E-state index contributed by atoms with van der Waals surface area (Å²) in [7, 11) is 0. The van der Waals surface area contributed by atoms with Crippen LogP contribution < -0.4 is 5.32 Å². The molecule has 0 bridgehead atoms. The fraction of sp³-hybridized carbons (Fsp3) is 0.458. The Morgan fingerprint density at radius 1 is 0.963 bits per heavy atom. The van der Waals surface area contributed by atoms with Gasteiger partial charge in [0.15, 0.2) is 0 Å². The average molecular weight is 365 g/mol. The quantitative estimate of drug-likeness (QED) is 0.741. The van der Waals surface area contributed by atoms with Crippen molar-refractivity contribution in [2.24, 2.45) is 0 Å². The number of nitrogens with zero attached hydrogens (tertiary/aromatic N) is 1. The Bertz CT molecular complexity index is 717. The highest BCUT2D eigenvalue weighted by molar-refractivity contribution is 5.75. The van der Waals surface area contributed by atoms with Gasteiger partial charge in [-0.1, -0.05) is 60.5 Å². The van der Waals surface area contributed by atoms with E-state index in [0.29, 0.717) is 13.0 Å². The van der Waals surface area contributed by atoms with E-state index in [2.05, 4.69) is 65.7 Å². The van der Waals surface area contributed by atoms with Gasteiger partial charge in [-0.15, -0.1) is 0 Å². The van der Waals surface area contributed by atoms with E-state index >= 15 is 0 Å². The fourth-order valence-electron chi connectivity index (χ4n) is 3.73. The molecule has 1 aliphatic rings. The maximum Gasteiger partial charge on any atom is 0.220 e. The second-order valence-electron chi connectivity index (χ2n) is 7.72. The van der Waals surface area contributed by atoms with Crippen molar-refractivity contribution in [2.45, 2.75) is 58.5 Å². The van der Waals surface area contributed by atoms with Crippen molar-refractivity contribution < 1.29 is 4.79 Å². The van der Waals surface area contributed by atoms with E-state index < -0.39 is 0 Å². The van der Waals surface area contributed by atoms with Gasteiger partial charge in [0.1, 0.15) is 0 Å². The van der Waals surface area contributed by atoms with Gasteiger partial charge in [-0.05, 0) is 62.4 Å². The van der Waals surface area contributed by atoms with Gasteiger partial charge in [-0.3, -0.25) is 9.69 Å². The molecule has 0 unspecified atom stereocenters. The summed E-state index contributed by atoms with van der Waals surface area (Å²) in [5, 5.41) is 3.11. The molecule has 3 heteroatoms. The lowest BCUT2D eigenvalue weighted by Crippen LogP contribution is -2.30. The first kappa shape index (κ1) is 19.6. The van der Waals surface area contributed by atoms with E-state index in [1.54, 1.807) is 0 Å². The maximum absolute atomic E-state index is 12.2. The normalized spacial score (nSPS) is 14.9. The molecule has 0 aliphatic carbocycles. The number of nitrogens with one attached hydrogen (secondary N) is 1. The van der Waals surface area contributed by atoms with E-state index in [1.165, 1.54) is 54.6 Å². The molecule has 1 N–H and O–H groups in total. The zero-order valence-corrected chi connectivity index (χ0v) is 16.5. The summed E-state index contributed by atoms with van der Waals surface area (Å²) >= 11 is 0. The van der Waals surface area contributed by atoms with Crippen molar-refractivity contribution in [3.05, 3.63) is 70.8 Å². The summed E-state index contributed by atoms with van der Waals surface area (Å²) < 4.78 is 0. The molecule has 0 spiro atoms. The highest BCUT2D eigenvalue weighted by Crippen LogP contribution is 2.16. The molecule has 3 rings (SSSR count). The van der Waals surface area contributed by atoms with E-state index in [-0.39, 0.29) is 5.91 Å². The Morgan fingerprint density at radius 3 is 2.41 bits per heavy atom. The predicted molar refractivity (Wildman–Crippen MR) is 112 cm³/mol. The molecule has 144 valence electrons. The standard InChI is InChI=1S/C24H32N2O/c1-20-12-14-21(15-13-20)8-7-11-24(27)25-18-22-9-3-4-10-23(22)19-26-16-5-2-6-17-26/h3-4,9-10,12-15H,2,5-8,11,16-19H2,1H3,(H,25,27). The maximum atomic E-state index is 12.2. The second kappa shape index (κ2) is 10.3. The second-order valence-corrected chi connectivity index (χ2v) is 7.72. The first-order valence-electron chi connectivity index (χ1n) is 10.3. The van der Waals surface area contributed by atoms with Gasteiger partial charge in [-0.25, -0.2) is 0 Å². The molecular weight excluding hydrogens is 332 g/mol. The number of hydrogen-bond acceptors (Lipinski definition) is 2. The van der Waals surface area contributed by atoms with Crippen LogP contribution in [0.25, 0.3) is 0 Å². The molecule has 0 aromatic heterocycles. The van der Waals surface area contributed by atoms with Gasteiger partial charge in [0.2, 0.25) is 5.91 Å². The summed E-state index contributed by atoms with van der Waals surface area (Å²) in [5.74, 6) is 0.148. The van der Waals surface area contributed by atoms with Gasteiger partial charge in [-0.2, -0.15) is 0 Å². The third-order valence-corrected chi connectivity index (χ3v) is 5.43. The molecule has 2 aromatic rings. The summed E-state index contributed by atoms with van der Waals surface area (Å²) in [5.41, 5.74) is 5.18. The predicted octanol–water partition coefficient (Wildman–Crippen LogP) is 4.62. The lowest BCUT2D eigenvalue weighted by Gasteiger charge is -2.27. The zero-order valence-electron chi connectivity index (χ0n) is 16.5. The van der Waals surface area contributed by atoms with Crippen molar-refractivity contribution in [1.29, 1.82) is 0 Å². The monoisotopic (exact) mass is 364 g/mol. The summed E-state index contributed by atoms with van der Waals surface area (Å²) in [6.45, 7) is 6.12. The van der Waals surface area contributed by atoms with Gasteiger partial charge in [0.25, 0.3) is 0 Å².